The summed E-state index contributed by atoms with van der Waals surface area (Å²) in [5.41, 5.74) is 4.76. The van der Waals surface area contributed by atoms with Crippen LogP contribution in [0, 0.1) is 0 Å². The summed E-state index contributed by atoms with van der Waals surface area (Å²) >= 11 is 0. The number of hydrogen-bond donors (Lipinski definition) is 2. The zero-order valence-corrected chi connectivity index (χ0v) is 17.1. The summed E-state index contributed by atoms with van der Waals surface area (Å²) < 4.78 is 0. The molecule has 31 heavy (non-hydrogen) atoms. The molecule has 0 radical (unpaired) electrons. The van der Waals surface area contributed by atoms with Crippen molar-refractivity contribution in [3.63, 3.8) is 0 Å². The first-order valence-electron chi connectivity index (χ1n) is 10.3. The Kier molecular flexibility index (Phi) is 4.78. The van der Waals surface area contributed by atoms with Crippen molar-refractivity contribution in [2.75, 3.05) is 5.32 Å². The summed E-state index contributed by atoms with van der Waals surface area (Å²) in [5, 5.41) is 6.17. The predicted octanol–water partition coefficient (Wildman–Crippen LogP) is 3.63. The van der Waals surface area contributed by atoms with Gasteiger partial charge in [-0.05, 0) is 44.0 Å². The van der Waals surface area contributed by atoms with Crippen LogP contribution >= 0.6 is 0 Å². The smallest absolute Gasteiger partial charge is 0.255 e. The van der Waals surface area contributed by atoms with E-state index in [1.807, 2.05) is 31.2 Å². The lowest BCUT2D eigenvalue weighted by atomic mass is 9.77. The summed E-state index contributed by atoms with van der Waals surface area (Å²) in [7, 11) is 0. The number of carbonyl (C=O) groups excluding carboxylic acids is 2. The zero-order chi connectivity index (χ0) is 21.4. The fourth-order valence-electron chi connectivity index (χ4n) is 4.31. The van der Waals surface area contributed by atoms with E-state index in [9.17, 15) is 9.59 Å². The van der Waals surface area contributed by atoms with E-state index in [0.29, 0.717) is 34.8 Å². The number of benzene rings is 1. The Morgan fingerprint density at radius 1 is 1.06 bits per heavy atom. The summed E-state index contributed by atoms with van der Waals surface area (Å²) in [4.78, 5) is 39.9. The van der Waals surface area contributed by atoms with Crippen molar-refractivity contribution in [1.82, 2.24) is 20.3 Å². The molecule has 1 atom stereocenters. The number of Topliss-reactive ketones (excluding diaryl/α,β-unsaturated/α-hetero) is 1. The Labute approximate surface area is 179 Å². The molecule has 1 aromatic carbocycles. The highest BCUT2D eigenvalue weighted by Gasteiger charge is 2.39. The van der Waals surface area contributed by atoms with Crippen molar-refractivity contribution < 1.29 is 9.59 Å². The molecule has 2 aromatic heterocycles. The Bertz CT molecular complexity index is 1260. The number of nitrogens with zero attached hydrogens (tertiary/aromatic N) is 3. The second kappa shape index (κ2) is 7.75. The largest absolute Gasteiger partial charge is 0.362 e. The number of anilines is 1. The summed E-state index contributed by atoms with van der Waals surface area (Å²) in [6, 6.07) is 12.9. The number of ketones is 1. The number of amides is 1. The first-order chi connectivity index (χ1) is 15.1. The van der Waals surface area contributed by atoms with Crippen LogP contribution in [0.3, 0.4) is 0 Å². The normalized spacial score (nSPS) is 18.6. The number of rotatable bonds is 3. The molecule has 0 saturated carbocycles. The van der Waals surface area contributed by atoms with Crippen LogP contribution in [0.4, 0.5) is 5.82 Å². The Morgan fingerprint density at radius 2 is 1.87 bits per heavy atom. The molecule has 0 saturated heterocycles. The van der Waals surface area contributed by atoms with Gasteiger partial charge in [-0.2, -0.15) is 0 Å². The van der Waals surface area contributed by atoms with E-state index in [4.69, 9.17) is 4.98 Å². The van der Waals surface area contributed by atoms with Gasteiger partial charge in [0.1, 0.15) is 5.82 Å². The molecule has 0 unspecified atom stereocenters. The number of aromatic nitrogens is 3. The van der Waals surface area contributed by atoms with Gasteiger partial charge >= 0.3 is 0 Å². The highest BCUT2D eigenvalue weighted by molar-refractivity contribution is 6.09. The van der Waals surface area contributed by atoms with Gasteiger partial charge in [-0.3, -0.25) is 14.6 Å². The minimum atomic E-state index is -0.579. The molecule has 2 aliphatic rings. The average molecular weight is 411 g/mol. The first-order valence-corrected chi connectivity index (χ1v) is 10.3. The lowest BCUT2D eigenvalue weighted by Crippen LogP contribution is -2.36. The Morgan fingerprint density at radius 3 is 2.68 bits per heavy atom. The minimum absolute atomic E-state index is 0.0457. The van der Waals surface area contributed by atoms with Crippen molar-refractivity contribution in [1.29, 1.82) is 0 Å². The van der Waals surface area contributed by atoms with Crippen LogP contribution < -0.4 is 10.6 Å². The fraction of sp³-hybridized carbons (Fsp3) is 0.208. The van der Waals surface area contributed by atoms with E-state index in [1.165, 1.54) is 0 Å². The predicted molar refractivity (Wildman–Crippen MR) is 117 cm³/mol. The molecule has 0 spiro atoms. The third-order valence-electron chi connectivity index (χ3n) is 5.69. The molecule has 1 amide bonds. The van der Waals surface area contributed by atoms with Crippen molar-refractivity contribution in [2.24, 2.45) is 0 Å². The van der Waals surface area contributed by atoms with Gasteiger partial charge in [0.15, 0.2) is 5.78 Å². The van der Waals surface area contributed by atoms with Gasteiger partial charge in [0.2, 0.25) is 0 Å². The maximum absolute atomic E-state index is 13.4. The number of fused-ring (bicyclic) bond motifs is 1. The van der Waals surface area contributed by atoms with Gasteiger partial charge in [0, 0.05) is 35.2 Å². The highest BCUT2D eigenvalue weighted by Crippen LogP contribution is 2.41. The van der Waals surface area contributed by atoms with Crippen molar-refractivity contribution in [3.05, 3.63) is 83.1 Å². The van der Waals surface area contributed by atoms with E-state index in [2.05, 4.69) is 20.6 Å². The Hall–Kier alpha value is -3.87. The second-order valence-electron chi connectivity index (χ2n) is 7.72. The molecule has 3 heterocycles. The quantitative estimate of drug-likeness (QED) is 0.683. The number of pyridine rings is 1. The lowest BCUT2D eigenvalue weighted by Gasteiger charge is -2.33. The fourth-order valence-corrected chi connectivity index (χ4v) is 4.31. The van der Waals surface area contributed by atoms with Crippen molar-refractivity contribution in [2.45, 2.75) is 32.1 Å². The van der Waals surface area contributed by atoms with Crippen LogP contribution in [-0.2, 0) is 9.59 Å². The zero-order valence-electron chi connectivity index (χ0n) is 17.1. The Balaban J connectivity index is 1.64. The molecule has 2 N–H and O–H groups in total. The molecule has 3 aromatic rings. The molecule has 0 bridgehead atoms. The molecule has 5 rings (SSSR count). The third kappa shape index (κ3) is 3.48. The standard InChI is InChI=1S/C24H21N5O2/c1-14-21(24(31)29-20-11-4-5-12-25-20)23(22-17(27-14)9-6-10-19(22)30)18-13-26-15-7-2-3-8-16(15)28-18/h2-5,7-8,11-13,23,27H,6,9-10H2,1H3,(H,25,29,31)/t23-/m0/s1. The highest BCUT2D eigenvalue weighted by atomic mass is 16.2. The van der Waals surface area contributed by atoms with E-state index in [0.717, 1.165) is 29.6 Å². The van der Waals surface area contributed by atoms with E-state index < -0.39 is 5.92 Å². The molecular formula is C24H21N5O2. The maximum Gasteiger partial charge on any atom is 0.255 e. The van der Waals surface area contributed by atoms with Gasteiger partial charge in [0.25, 0.3) is 5.91 Å². The maximum atomic E-state index is 13.4. The van der Waals surface area contributed by atoms with Crippen LogP contribution in [0.15, 0.2) is 77.4 Å². The van der Waals surface area contributed by atoms with Crippen molar-refractivity contribution in [3.8, 4) is 0 Å². The average Bonchev–Trinajstić information content (AvgIpc) is 2.78. The lowest BCUT2D eigenvalue weighted by molar-refractivity contribution is -0.116. The van der Waals surface area contributed by atoms with Gasteiger partial charge in [-0.15, -0.1) is 0 Å². The first kappa shape index (κ1) is 19.1. The number of hydrogen-bond acceptors (Lipinski definition) is 6. The topological polar surface area (TPSA) is 96.9 Å². The van der Waals surface area contributed by atoms with Crippen LogP contribution in [0.2, 0.25) is 0 Å². The number of dihydropyridines is 1. The van der Waals surface area contributed by atoms with Gasteiger partial charge in [-0.25, -0.2) is 9.97 Å². The molecule has 0 fully saturated rings. The number of nitrogens with one attached hydrogen (secondary N) is 2. The number of carbonyl (C=O) groups is 2. The summed E-state index contributed by atoms with van der Waals surface area (Å²) in [5.74, 6) is -0.395. The minimum Gasteiger partial charge on any atom is -0.362 e. The molecule has 154 valence electrons. The number of allylic oxidation sites excluding steroid dienone is 3. The third-order valence-corrected chi connectivity index (χ3v) is 5.69. The van der Waals surface area contributed by atoms with Crippen LogP contribution in [0.25, 0.3) is 11.0 Å². The van der Waals surface area contributed by atoms with Crippen LogP contribution in [-0.4, -0.2) is 26.6 Å². The summed E-state index contributed by atoms with van der Waals surface area (Å²) in [6.07, 6.45) is 5.32. The van der Waals surface area contributed by atoms with Crippen LogP contribution in [0.5, 0.6) is 0 Å². The molecule has 1 aliphatic carbocycles. The number of para-hydroxylation sites is 2. The molecule has 7 nitrogen and oxygen atoms in total. The summed E-state index contributed by atoms with van der Waals surface area (Å²) in [6.45, 7) is 1.86. The molecule has 1 aliphatic heterocycles. The SMILES string of the molecule is CC1=C(C(=O)Nc2ccccn2)[C@H](c2cnc3ccccc3n2)C2=C(CCCC2=O)N1. The monoisotopic (exact) mass is 411 g/mol. The van der Waals surface area contributed by atoms with Gasteiger partial charge < -0.3 is 10.6 Å². The van der Waals surface area contributed by atoms with Gasteiger partial charge in [-0.1, -0.05) is 18.2 Å². The van der Waals surface area contributed by atoms with Crippen LogP contribution in [0.1, 0.15) is 37.8 Å². The van der Waals surface area contributed by atoms with Gasteiger partial charge in [0.05, 0.1) is 28.8 Å². The van der Waals surface area contributed by atoms with E-state index in [1.54, 1.807) is 30.6 Å². The second-order valence-corrected chi connectivity index (χ2v) is 7.72. The van der Waals surface area contributed by atoms with Crippen molar-refractivity contribution >= 4 is 28.5 Å². The molecule has 7 heteroatoms. The van der Waals surface area contributed by atoms with E-state index >= 15 is 0 Å². The van der Waals surface area contributed by atoms with E-state index in [-0.39, 0.29) is 11.7 Å². The molecular weight excluding hydrogens is 390 g/mol.